The molecule has 1 nitrogen and oxygen atoms in total. The van der Waals surface area contributed by atoms with Crippen molar-refractivity contribution in [1.82, 2.24) is 6.15 Å². The molecular weight excluding hydrogens is 73.5 g/mol. The summed E-state index contributed by atoms with van der Waals surface area (Å²) in [5.74, 6) is 0. The Balaban J connectivity index is -0.00000000500. The van der Waals surface area contributed by atoms with Crippen molar-refractivity contribution >= 4 is 0 Å². The fourth-order valence-corrected chi connectivity index (χ4v) is 0. The molecule has 0 aliphatic rings. The summed E-state index contributed by atoms with van der Waals surface area (Å²) in [6, 6.07) is 0. The standard InChI is InChI=1S/C2H4.ClH.H3N/c1-2;;/h1-2H2;1H;1H3. The van der Waals surface area contributed by atoms with E-state index in [0.29, 0.717) is 0 Å². The predicted molar refractivity (Wildman–Crippen MR) is 17.2 cm³/mol. The molecule has 0 saturated heterocycles. The Morgan fingerprint density at radius 2 is 1.00 bits per heavy atom. The van der Waals surface area contributed by atoms with Gasteiger partial charge in [0, 0.05) is 0 Å². The van der Waals surface area contributed by atoms with E-state index in [1.54, 1.807) is 0 Å². The molecule has 0 aromatic rings. The van der Waals surface area contributed by atoms with Gasteiger partial charge in [-0.05, 0) is 0 Å². The monoisotopic (exact) mass is 81.0 g/mol. The average Bonchev–Trinajstić information content (AvgIpc) is 1.00. The molecule has 0 bridgehead atoms. The van der Waals surface area contributed by atoms with Gasteiger partial charge in [-0.25, -0.2) is 0 Å². The van der Waals surface area contributed by atoms with Crippen LogP contribution < -0.4 is 18.6 Å². The highest BCUT2D eigenvalue weighted by Crippen LogP contribution is 0.862. The van der Waals surface area contributed by atoms with Crippen LogP contribution >= 0.6 is 0 Å². The second-order valence-electron chi connectivity index (χ2n) is 0. The number of hydrogen-bond donors (Lipinski definition) is 1. The lowest BCUT2D eigenvalue weighted by Crippen LogP contribution is -3.00. The molecule has 0 fully saturated rings. The summed E-state index contributed by atoms with van der Waals surface area (Å²) in [6.07, 6.45) is 0. The summed E-state index contributed by atoms with van der Waals surface area (Å²) >= 11 is 0. The van der Waals surface area contributed by atoms with Gasteiger partial charge in [0.15, 0.2) is 0 Å². The lowest BCUT2D eigenvalue weighted by molar-refractivity contribution is -0.000000942. The van der Waals surface area contributed by atoms with Crippen molar-refractivity contribution in [1.29, 1.82) is 0 Å². The zero-order valence-electron chi connectivity index (χ0n) is 2.79. The smallest absolute Gasteiger partial charge is 0.106 e. The molecule has 28 valence electrons. The summed E-state index contributed by atoms with van der Waals surface area (Å²) in [4.78, 5) is 0. The minimum atomic E-state index is 0. The molecule has 0 unspecified atom stereocenters. The van der Waals surface area contributed by atoms with Crippen LogP contribution in [0.15, 0.2) is 13.2 Å². The molecule has 0 aliphatic heterocycles. The Kier molecular flexibility index (Phi) is 1080000. The van der Waals surface area contributed by atoms with Crippen LogP contribution in [0.2, 0.25) is 0 Å². The maximum atomic E-state index is 3.00. The highest BCUT2D eigenvalue weighted by atomic mass is 35.5. The molecule has 2 heteroatoms. The zero-order chi connectivity index (χ0) is 2.00. The van der Waals surface area contributed by atoms with Crippen molar-refractivity contribution < 1.29 is 12.4 Å². The molecular formula is C2H8ClN. The molecule has 0 atom stereocenters. The van der Waals surface area contributed by atoms with Crippen LogP contribution in [0.4, 0.5) is 0 Å². The summed E-state index contributed by atoms with van der Waals surface area (Å²) in [7, 11) is 0. The van der Waals surface area contributed by atoms with Gasteiger partial charge in [-0.2, -0.15) is 0 Å². The van der Waals surface area contributed by atoms with Crippen molar-refractivity contribution in [2.75, 3.05) is 0 Å². The largest absolute Gasteiger partial charge is 1.00 e. The summed E-state index contributed by atoms with van der Waals surface area (Å²) in [6.45, 7) is 6.00. The second kappa shape index (κ2) is 118000. The molecule has 0 amide bonds. The molecule has 4 heavy (non-hydrogen) atoms. The molecule has 0 aromatic carbocycles. The van der Waals surface area contributed by atoms with E-state index in [1.165, 1.54) is 0 Å². The van der Waals surface area contributed by atoms with Gasteiger partial charge in [0.25, 0.3) is 0 Å². The molecule has 0 aromatic heterocycles. The van der Waals surface area contributed by atoms with Crippen LogP contribution in [0.25, 0.3) is 0 Å². The number of rotatable bonds is 0. The van der Waals surface area contributed by atoms with Crippen LogP contribution in [-0.2, 0) is 0 Å². The van der Waals surface area contributed by atoms with Crippen molar-refractivity contribution in [3.8, 4) is 0 Å². The molecule has 0 spiro atoms. The van der Waals surface area contributed by atoms with Crippen LogP contribution in [-0.4, -0.2) is 0 Å². The van der Waals surface area contributed by atoms with Gasteiger partial charge in [-0.15, -0.1) is 13.2 Å². The first-order valence-corrected chi connectivity index (χ1v) is 0.500. The maximum absolute atomic E-state index is 3.00. The number of halogens is 1. The van der Waals surface area contributed by atoms with Crippen LogP contribution in [0.5, 0.6) is 0 Å². The first-order chi connectivity index (χ1) is 1.00. The van der Waals surface area contributed by atoms with Gasteiger partial charge in [0.1, 0.15) is 0 Å². The van der Waals surface area contributed by atoms with E-state index >= 15 is 0 Å². The molecule has 0 heterocycles. The normalized spacial score (nSPS) is 1.00. The highest BCUT2D eigenvalue weighted by Gasteiger charge is 0.601. The molecule has 4 N–H and O–H groups in total. The van der Waals surface area contributed by atoms with Crippen molar-refractivity contribution in [2.45, 2.75) is 0 Å². The average molecular weight is 81.5 g/mol. The van der Waals surface area contributed by atoms with E-state index in [2.05, 4.69) is 13.2 Å². The fraction of sp³-hybridized carbons (Fsp3) is 0. The Morgan fingerprint density at radius 3 is 1.00 bits per heavy atom. The predicted octanol–water partition coefficient (Wildman–Crippen LogP) is -1.82. The third-order valence-electron chi connectivity index (χ3n) is 0. The van der Waals surface area contributed by atoms with E-state index < -0.39 is 0 Å². The van der Waals surface area contributed by atoms with E-state index in [0.717, 1.165) is 0 Å². The lowest BCUT2D eigenvalue weighted by atomic mass is 11.3. The summed E-state index contributed by atoms with van der Waals surface area (Å²) in [5.41, 5.74) is 0. The third-order valence-corrected chi connectivity index (χ3v) is 0. The summed E-state index contributed by atoms with van der Waals surface area (Å²) < 4.78 is 0. The van der Waals surface area contributed by atoms with E-state index in [-0.39, 0.29) is 18.6 Å². The Bertz CT molecular complexity index is 6.00. The minimum absolute atomic E-state index is 0. The van der Waals surface area contributed by atoms with Gasteiger partial charge in [-0.3, -0.25) is 0 Å². The van der Waals surface area contributed by atoms with E-state index in [9.17, 15) is 0 Å². The maximum Gasteiger partial charge on any atom is -0.106 e. The van der Waals surface area contributed by atoms with Crippen molar-refractivity contribution in [3.05, 3.63) is 13.2 Å². The lowest BCUT2D eigenvalue weighted by Gasteiger charge is -1.00. The Hall–Kier alpha value is -0.0100. The topological polar surface area (TPSA) is 36.5 Å². The first kappa shape index (κ1) is 36.4. The SMILES string of the molecule is C=C.[Cl-].[NH4+]. The van der Waals surface area contributed by atoms with Crippen LogP contribution in [0, 0.1) is 0 Å². The minimum Gasteiger partial charge on any atom is -1.00 e. The number of quaternary nitrogens is 1. The quantitative estimate of drug-likeness (QED) is 0.334. The van der Waals surface area contributed by atoms with Gasteiger partial charge in [0.2, 0.25) is 0 Å². The highest BCUT2D eigenvalue weighted by molar-refractivity contribution is 4.22. The number of hydrogen-bond acceptors (Lipinski definition) is 0. The van der Waals surface area contributed by atoms with Crippen molar-refractivity contribution in [3.63, 3.8) is 0 Å². The summed E-state index contributed by atoms with van der Waals surface area (Å²) in [5, 5.41) is 0. The third kappa shape index (κ3) is 19500. The van der Waals surface area contributed by atoms with Gasteiger partial charge in [-0.1, -0.05) is 0 Å². The van der Waals surface area contributed by atoms with Gasteiger partial charge < -0.3 is 18.6 Å². The first-order valence-electron chi connectivity index (χ1n) is 0.500. The Morgan fingerprint density at radius 1 is 1.00 bits per heavy atom. The fourth-order valence-electron chi connectivity index (χ4n) is 0. The molecule has 0 radical (unpaired) electrons. The molecule has 0 saturated carbocycles. The zero-order valence-corrected chi connectivity index (χ0v) is 3.55. The van der Waals surface area contributed by atoms with Gasteiger partial charge in [0.05, 0.1) is 0 Å². The van der Waals surface area contributed by atoms with E-state index in [4.69, 9.17) is 0 Å². The molecule has 0 rings (SSSR count). The Labute approximate surface area is 32.7 Å². The van der Waals surface area contributed by atoms with Crippen LogP contribution in [0.3, 0.4) is 0 Å². The van der Waals surface area contributed by atoms with Crippen molar-refractivity contribution in [2.24, 2.45) is 0 Å². The van der Waals surface area contributed by atoms with Gasteiger partial charge >= 0.3 is 0 Å². The van der Waals surface area contributed by atoms with E-state index in [1.807, 2.05) is 0 Å². The van der Waals surface area contributed by atoms with Crippen LogP contribution in [0.1, 0.15) is 0 Å². The second-order valence-corrected chi connectivity index (χ2v) is 0. The molecule has 0 aliphatic carbocycles.